The predicted molar refractivity (Wildman–Crippen MR) is 99.0 cm³/mol. The third-order valence-corrected chi connectivity index (χ3v) is 3.80. The lowest BCUT2D eigenvalue weighted by molar-refractivity contribution is 0.0472. The Bertz CT molecular complexity index is 860. The van der Waals surface area contributed by atoms with Gasteiger partial charge >= 0.3 is 5.97 Å². The van der Waals surface area contributed by atoms with Crippen LogP contribution in [0.15, 0.2) is 72.9 Å². The third-order valence-electron chi connectivity index (χ3n) is 3.80. The van der Waals surface area contributed by atoms with Crippen LogP contribution in [0.5, 0.6) is 0 Å². The van der Waals surface area contributed by atoms with Gasteiger partial charge in [0.15, 0.2) is 6.29 Å². The second-order valence-electron chi connectivity index (χ2n) is 5.71. The predicted octanol–water partition coefficient (Wildman–Crippen LogP) is 3.86. The van der Waals surface area contributed by atoms with E-state index in [-0.39, 0.29) is 12.6 Å². The number of aromatic nitrogens is 1. The Kier molecular flexibility index (Phi) is 5.72. The van der Waals surface area contributed by atoms with Crippen LogP contribution in [-0.4, -0.2) is 17.2 Å². The van der Waals surface area contributed by atoms with E-state index in [2.05, 4.69) is 10.3 Å². The molecule has 0 radical (unpaired) electrons. The SMILES string of the molecule is O=Cc1ccc(NCc2ccc(C(=O)OCc3ccccc3)cc2)nc1. The summed E-state index contributed by atoms with van der Waals surface area (Å²) in [5.74, 6) is 0.335. The molecular formula is C21H18N2O3. The summed E-state index contributed by atoms with van der Waals surface area (Å²) in [5.41, 5.74) is 3.01. The Labute approximate surface area is 151 Å². The maximum Gasteiger partial charge on any atom is 0.338 e. The Hall–Kier alpha value is -3.47. The maximum absolute atomic E-state index is 12.1. The summed E-state index contributed by atoms with van der Waals surface area (Å²) < 4.78 is 5.31. The molecule has 3 aromatic rings. The van der Waals surface area contributed by atoms with Gasteiger partial charge in [0.2, 0.25) is 0 Å². The summed E-state index contributed by atoms with van der Waals surface area (Å²) in [6.07, 6.45) is 2.27. The lowest BCUT2D eigenvalue weighted by Gasteiger charge is -2.08. The van der Waals surface area contributed by atoms with Crippen molar-refractivity contribution < 1.29 is 14.3 Å². The number of hydrogen-bond acceptors (Lipinski definition) is 5. The van der Waals surface area contributed by atoms with Crippen LogP contribution in [0.1, 0.15) is 31.8 Å². The number of ether oxygens (including phenoxy) is 1. The molecule has 0 unspecified atom stereocenters. The average Bonchev–Trinajstić information content (AvgIpc) is 2.72. The lowest BCUT2D eigenvalue weighted by atomic mass is 10.1. The van der Waals surface area contributed by atoms with Crippen molar-refractivity contribution in [2.75, 3.05) is 5.32 Å². The van der Waals surface area contributed by atoms with Crippen molar-refractivity contribution in [1.82, 2.24) is 4.98 Å². The van der Waals surface area contributed by atoms with E-state index in [0.717, 1.165) is 17.4 Å². The fourth-order valence-electron chi connectivity index (χ4n) is 2.34. The summed E-state index contributed by atoms with van der Waals surface area (Å²) in [6, 6.07) is 20.2. The Morgan fingerprint density at radius 3 is 2.38 bits per heavy atom. The van der Waals surface area contributed by atoms with Crippen molar-refractivity contribution in [1.29, 1.82) is 0 Å². The van der Waals surface area contributed by atoms with Crippen molar-refractivity contribution in [3.63, 3.8) is 0 Å². The van der Waals surface area contributed by atoms with Gasteiger partial charge in [-0.1, -0.05) is 42.5 Å². The molecule has 3 rings (SSSR count). The molecule has 0 fully saturated rings. The van der Waals surface area contributed by atoms with E-state index in [0.29, 0.717) is 23.5 Å². The molecule has 0 aliphatic carbocycles. The summed E-state index contributed by atoms with van der Waals surface area (Å²) in [7, 11) is 0. The Balaban J connectivity index is 1.52. The third kappa shape index (κ3) is 4.77. The summed E-state index contributed by atoms with van der Waals surface area (Å²) >= 11 is 0. The van der Waals surface area contributed by atoms with Crippen LogP contribution in [0, 0.1) is 0 Å². The van der Waals surface area contributed by atoms with Crippen molar-refractivity contribution in [3.05, 3.63) is 95.2 Å². The highest BCUT2D eigenvalue weighted by molar-refractivity contribution is 5.89. The van der Waals surface area contributed by atoms with E-state index in [4.69, 9.17) is 4.74 Å². The van der Waals surface area contributed by atoms with E-state index in [1.165, 1.54) is 6.20 Å². The molecular weight excluding hydrogens is 328 g/mol. The number of carbonyl (C=O) groups is 2. The molecule has 0 spiro atoms. The molecule has 0 aliphatic rings. The Morgan fingerprint density at radius 1 is 0.962 bits per heavy atom. The van der Waals surface area contributed by atoms with Crippen molar-refractivity contribution in [2.24, 2.45) is 0 Å². The number of pyridine rings is 1. The van der Waals surface area contributed by atoms with E-state index in [1.807, 2.05) is 42.5 Å². The van der Waals surface area contributed by atoms with E-state index in [9.17, 15) is 9.59 Å². The molecule has 130 valence electrons. The molecule has 0 aliphatic heterocycles. The fraction of sp³-hybridized carbons (Fsp3) is 0.0952. The van der Waals surface area contributed by atoms with Gasteiger partial charge in [-0.3, -0.25) is 4.79 Å². The molecule has 0 bridgehead atoms. The molecule has 0 saturated heterocycles. The van der Waals surface area contributed by atoms with E-state index < -0.39 is 0 Å². The lowest BCUT2D eigenvalue weighted by Crippen LogP contribution is -2.06. The zero-order chi connectivity index (χ0) is 18.2. The quantitative estimate of drug-likeness (QED) is 0.520. The highest BCUT2D eigenvalue weighted by Crippen LogP contribution is 2.11. The number of anilines is 1. The first-order valence-electron chi connectivity index (χ1n) is 8.20. The molecule has 2 aromatic carbocycles. The molecule has 1 aromatic heterocycles. The first-order chi connectivity index (χ1) is 12.7. The van der Waals surface area contributed by atoms with Crippen LogP contribution >= 0.6 is 0 Å². The number of nitrogens with one attached hydrogen (secondary N) is 1. The minimum Gasteiger partial charge on any atom is -0.457 e. The van der Waals surface area contributed by atoms with Gasteiger partial charge in [0.25, 0.3) is 0 Å². The van der Waals surface area contributed by atoms with Crippen LogP contribution in [0.2, 0.25) is 0 Å². The highest BCUT2D eigenvalue weighted by Gasteiger charge is 2.07. The fourth-order valence-corrected chi connectivity index (χ4v) is 2.34. The summed E-state index contributed by atoms with van der Waals surface area (Å²) in [4.78, 5) is 26.9. The zero-order valence-electron chi connectivity index (χ0n) is 14.1. The number of nitrogens with zero attached hydrogens (tertiary/aromatic N) is 1. The molecule has 5 heteroatoms. The largest absolute Gasteiger partial charge is 0.457 e. The van der Waals surface area contributed by atoms with Gasteiger partial charge in [0.1, 0.15) is 12.4 Å². The van der Waals surface area contributed by atoms with Crippen LogP contribution in [0.4, 0.5) is 5.82 Å². The maximum atomic E-state index is 12.1. The number of esters is 1. The normalized spacial score (nSPS) is 10.2. The number of benzene rings is 2. The van der Waals surface area contributed by atoms with Crippen molar-refractivity contribution in [3.8, 4) is 0 Å². The van der Waals surface area contributed by atoms with Crippen LogP contribution in [0.3, 0.4) is 0 Å². The van der Waals surface area contributed by atoms with E-state index in [1.54, 1.807) is 24.3 Å². The molecule has 1 heterocycles. The van der Waals surface area contributed by atoms with Gasteiger partial charge in [0.05, 0.1) is 5.56 Å². The summed E-state index contributed by atoms with van der Waals surface area (Å²) in [6.45, 7) is 0.818. The van der Waals surface area contributed by atoms with Gasteiger partial charge in [-0.25, -0.2) is 9.78 Å². The average molecular weight is 346 g/mol. The number of aldehydes is 1. The summed E-state index contributed by atoms with van der Waals surface area (Å²) in [5, 5.41) is 3.16. The topological polar surface area (TPSA) is 68.3 Å². The van der Waals surface area contributed by atoms with Gasteiger partial charge < -0.3 is 10.1 Å². The minimum atomic E-state index is -0.348. The van der Waals surface area contributed by atoms with Crippen molar-refractivity contribution in [2.45, 2.75) is 13.2 Å². The highest BCUT2D eigenvalue weighted by atomic mass is 16.5. The monoisotopic (exact) mass is 346 g/mol. The van der Waals surface area contributed by atoms with Crippen LogP contribution < -0.4 is 5.32 Å². The van der Waals surface area contributed by atoms with E-state index >= 15 is 0 Å². The smallest absolute Gasteiger partial charge is 0.338 e. The number of rotatable bonds is 7. The molecule has 1 N–H and O–H groups in total. The van der Waals surface area contributed by atoms with Crippen molar-refractivity contribution >= 4 is 18.1 Å². The van der Waals surface area contributed by atoms with Crippen LogP contribution in [0.25, 0.3) is 0 Å². The minimum absolute atomic E-state index is 0.255. The number of hydrogen-bond donors (Lipinski definition) is 1. The number of carbonyl (C=O) groups excluding carboxylic acids is 2. The van der Waals surface area contributed by atoms with Crippen LogP contribution in [-0.2, 0) is 17.9 Å². The van der Waals surface area contributed by atoms with Gasteiger partial charge in [-0.05, 0) is 35.4 Å². The van der Waals surface area contributed by atoms with Gasteiger partial charge in [0, 0.05) is 18.3 Å². The Morgan fingerprint density at radius 2 is 1.73 bits per heavy atom. The zero-order valence-corrected chi connectivity index (χ0v) is 14.1. The molecule has 0 saturated carbocycles. The van der Waals surface area contributed by atoms with Gasteiger partial charge in [-0.2, -0.15) is 0 Å². The molecule has 26 heavy (non-hydrogen) atoms. The molecule has 0 atom stereocenters. The standard InChI is InChI=1S/C21H18N2O3/c24-14-18-8-11-20(23-13-18)22-12-16-6-9-19(10-7-16)21(25)26-15-17-4-2-1-3-5-17/h1-11,13-14H,12,15H2,(H,22,23). The first kappa shape index (κ1) is 17.4. The van der Waals surface area contributed by atoms with Gasteiger partial charge in [-0.15, -0.1) is 0 Å². The second-order valence-corrected chi connectivity index (χ2v) is 5.71. The molecule has 5 nitrogen and oxygen atoms in total. The second kappa shape index (κ2) is 8.58. The molecule has 0 amide bonds. The first-order valence-corrected chi connectivity index (χ1v) is 8.20.